The fraction of sp³-hybridized carbons (Fsp3) is 0.167. The topological polar surface area (TPSA) is 81.3 Å². The van der Waals surface area contributed by atoms with Crippen LogP contribution < -0.4 is 10.5 Å². The van der Waals surface area contributed by atoms with Crippen LogP contribution in [-0.2, 0) is 6.61 Å². The number of nitrogens with zero attached hydrogens (tertiary/aromatic N) is 2. The minimum atomic E-state index is -0.0257. The molecule has 3 N–H and O–H groups in total. The number of aromatic nitrogens is 2. The third-order valence-electron chi connectivity index (χ3n) is 2.24. The summed E-state index contributed by atoms with van der Waals surface area (Å²) in [5.74, 6) is 1.20. The van der Waals surface area contributed by atoms with Crippen molar-refractivity contribution in [2.24, 2.45) is 0 Å². The Hall–Kier alpha value is -2.14. The highest BCUT2D eigenvalue weighted by atomic mass is 16.5. The monoisotopic (exact) mass is 231 g/mol. The van der Waals surface area contributed by atoms with E-state index in [0.717, 1.165) is 11.1 Å². The molecule has 0 saturated carbocycles. The predicted molar refractivity (Wildman–Crippen MR) is 63.6 cm³/mol. The first kappa shape index (κ1) is 11.3. The molecule has 1 heterocycles. The van der Waals surface area contributed by atoms with E-state index in [4.69, 9.17) is 15.6 Å². The number of hydrogen-bond acceptors (Lipinski definition) is 5. The molecule has 2 rings (SSSR count). The Kier molecular flexibility index (Phi) is 3.20. The number of benzene rings is 1. The summed E-state index contributed by atoms with van der Waals surface area (Å²) >= 11 is 0. The predicted octanol–water partition coefficient (Wildman–Crippen LogP) is 1.65. The zero-order valence-electron chi connectivity index (χ0n) is 9.42. The number of ether oxygens (including phenoxy) is 1. The molecule has 0 fully saturated rings. The maximum atomic E-state index is 9.03. The Morgan fingerprint density at radius 2 is 2.24 bits per heavy atom. The van der Waals surface area contributed by atoms with E-state index >= 15 is 0 Å². The van der Waals surface area contributed by atoms with Gasteiger partial charge in [-0.05, 0) is 24.6 Å². The van der Waals surface area contributed by atoms with Crippen LogP contribution in [0, 0.1) is 6.92 Å². The van der Waals surface area contributed by atoms with Crippen LogP contribution in [0.3, 0.4) is 0 Å². The highest BCUT2D eigenvalue weighted by molar-refractivity contribution is 5.35. The SMILES string of the molecule is Cc1cnc(N)nc1Oc1cccc(CO)c1. The molecular weight excluding hydrogens is 218 g/mol. The summed E-state index contributed by atoms with van der Waals surface area (Å²) < 4.78 is 5.59. The Bertz CT molecular complexity index is 529. The lowest BCUT2D eigenvalue weighted by molar-refractivity contribution is 0.281. The van der Waals surface area contributed by atoms with Gasteiger partial charge in [0.05, 0.1) is 6.61 Å². The van der Waals surface area contributed by atoms with Gasteiger partial charge in [0, 0.05) is 11.8 Å². The fourth-order valence-electron chi connectivity index (χ4n) is 1.36. The molecule has 1 aromatic heterocycles. The number of hydrogen-bond donors (Lipinski definition) is 2. The lowest BCUT2D eigenvalue weighted by atomic mass is 10.2. The van der Waals surface area contributed by atoms with E-state index in [2.05, 4.69) is 9.97 Å². The summed E-state index contributed by atoms with van der Waals surface area (Å²) in [5, 5.41) is 9.03. The van der Waals surface area contributed by atoms with Crippen LogP contribution in [0.2, 0.25) is 0 Å². The zero-order chi connectivity index (χ0) is 12.3. The molecule has 0 aliphatic carbocycles. The molecule has 0 bridgehead atoms. The molecule has 0 radical (unpaired) electrons. The second kappa shape index (κ2) is 4.80. The zero-order valence-corrected chi connectivity index (χ0v) is 9.42. The molecule has 17 heavy (non-hydrogen) atoms. The van der Waals surface area contributed by atoms with Crippen molar-refractivity contribution in [1.82, 2.24) is 9.97 Å². The molecule has 0 spiro atoms. The van der Waals surface area contributed by atoms with Crippen molar-refractivity contribution in [3.8, 4) is 11.6 Å². The van der Waals surface area contributed by atoms with Gasteiger partial charge in [-0.3, -0.25) is 0 Å². The van der Waals surface area contributed by atoms with Crippen LogP contribution >= 0.6 is 0 Å². The first-order chi connectivity index (χ1) is 8.19. The maximum Gasteiger partial charge on any atom is 0.226 e. The van der Waals surface area contributed by atoms with E-state index in [1.807, 2.05) is 13.0 Å². The van der Waals surface area contributed by atoms with Gasteiger partial charge in [0.15, 0.2) is 0 Å². The lowest BCUT2D eigenvalue weighted by Gasteiger charge is -2.08. The van der Waals surface area contributed by atoms with E-state index in [0.29, 0.717) is 11.6 Å². The number of nitrogens with two attached hydrogens (primary N) is 1. The fourth-order valence-corrected chi connectivity index (χ4v) is 1.36. The highest BCUT2D eigenvalue weighted by Crippen LogP contribution is 2.23. The van der Waals surface area contributed by atoms with E-state index in [-0.39, 0.29) is 12.6 Å². The molecule has 88 valence electrons. The third kappa shape index (κ3) is 2.70. The normalized spacial score (nSPS) is 10.2. The number of aliphatic hydroxyl groups is 1. The number of nitrogen functional groups attached to an aromatic ring is 1. The molecule has 0 atom stereocenters. The Balaban J connectivity index is 2.27. The van der Waals surface area contributed by atoms with Gasteiger partial charge in [-0.2, -0.15) is 4.98 Å². The van der Waals surface area contributed by atoms with Crippen molar-refractivity contribution in [1.29, 1.82) is 0 Å². The van der Waals surface area contributed by atoms with Gasteiger partial charge in [-0.15, -0.1) is 0 Å². The van der Waals surface area contributed by atoms with Crippen molar-refractivity contribution in [2.75, 3.05) is 5.73 Å². The highest BCUT2D eigenvalue weighted by Gasteiger charge is 2.05. The van der Waals surface area contributed by atoms with Crippen molar-refractivity contribution < 1.29 is 9.84 Å². The van der Waals surface area contributed by atoms with Gasteiger partial charge in [0.1, 0.15) is 5.75 Å². The van der Waals surface area contributed by atoms with E-state index in [9.17, 15) is 0 Å². The quantitative estimate of drug-likeness (QED) is 0.839. The first-order valence-electron chi connectivity index (χ1n) is 5.16. The second-order valence-corrected chi connectivity index (χ2v) is 3.62. The van der Waals surface area contributed by atoms with Crippen molar-refractivity contribution in [3.63, 3.8) is 0 Å². The second-order valence-electron chi connectivity index (χ2n) is 3.62. The first-order valence-corrected chi connectivity index (χ1v) is 5.16. The Morgan fingerprint density at radius 1 is 1.41 bits per heavy atom. The minimum Gasteiger partial charge on any atom is -0.439 e. The van der Waals surface area contributed by atoms with E-state index in [1.165, 1.54) is 0 Å². The Labute approximate surface area is 98.9 Å². The van der Waals surface area contributed by atoms with Gasteiger partial charge in [0.25, 0.3) is 0 Å². The number of rotatable bonds is 3. The maximum absolute atomic E-state index is 9.03. The summed E-state index contributed by atoms with van der Waals surface area (Å²) in [5.41, 5.74) is 7.07. The third-order valence-corrected chi connectivity index (χ3v) is 2.24. The van der Waals surface area contributed by atoms with Crippen molar-refractivity contribution in [2.45, 2.75) is 13.5 Å². The summed E-state index contributed by atoms with van der Waals surface area (Å²) in [6.07, 6.45) is 1.60. The molecule has 0 amide bonds. The summed E-state index contributed by atoms with van der Waals surface area (Å²) in [6, 6.07) is 7.16. The average molecular weight is 231 g/mol. The van der Waals surface area contributed by atoms with Crippen LogP contribution in [0.15, 0.2) is 30.5 Å². The molecular formula is C12H13N3O2. The van der Waals surface area contributed by atoms with Gasteiger partial charge < -0.3 is 15.6 Å². The molecule has 5 heteroatoms. The molecule has 0 aliphatic rings. The van der Waals surface area contributed by atoms with Crippen LogP contribution in [0.25, 0.3) is 0 Å². The lowest BCUT2D eigenvalue weighted by Crippen LogP contribution is -1.99. The van der Waals surface area contributed by atoms with Crippen LogP contribution in [0.1, 0.15) is 11.1 Å². The van der Waals surface area contributed by atoms with Crippen molar-refractivity contribution in [3.05, 3.63) is 41.6 Å². The summed E-state index contributed by atoms with van der Waals surface area (Å²) in [7, 11) is 0. The summed E-state index contributed by atoms with van der Waals surface area (Å²) in [4.78, 5) is 7.87. The molecule has 5 nitrogen and oxygen atoms in total. The Morgan fingerprint density at radius 3 is 3.00 bits per heavy atom. The molecule has 1 aromatic carbocycles. The minimum absolute atomic E-state index is 0.0257. The van der Waals surface area contributed by atoms with Crippen LogP contribution in [-0.4, -0.2) is 15.1 Å². The standard InChI is InChI=1S/C12H13N3O2/c1-8-6-14-12(13)15-11(8)17-10-4-2-3-9(5-10)7-16/h2-6,16H,7H2,1H3,(H2,13,14,15). The average Bonchev–Trinajstić information content (AvgIpc) is 2.34. The van der Waals surface area contributed by atoms with Gasteiger partial charge in [-0.25, -0.2) is 4.98 Å². The number of anilines is 1. The largest absolute Gasteiger partial charge is 0.439 e. The molecule has 0 aliphatic heterocycles. The van der Waals surface area contributed by atoms with Crippen molar-refractivity contribution >= 4 is 5.95 Å². The van der Waals surface area contributed by atoms with Crippen LogP contribution in [0.5, 0.6) is 11.6 Å². The van der Waals surface area contributed by atoms with E-state index < -0.39 is 0 Å². The van der Waals surface area contributed by atoms with Gasteiger partial charge in [-0.1, -0.05) is 12.1 Å². The van der Waals surface area contributed by atoms with Crippen LogP contribution in [0.4, 0.5) is 5.95 Å². The molecule has 0 saturated heterocycles. The van der Waals surface area contributed by atoms with Gasteiger partial charge >= 0.3 is 0 Å². The number of aliphatic hydroxyl groups excluding tert-OH is 1. The van der Waals surface area contributed by atoms with Gasteiger partial charge in [0.2, 0.25) is 11.8 Å². The summed E-state index contributed by atoms with van der Waals surface area (Å²) in [6.45, 7) is 1.81. The molecule has 0 unspecified atom stereocenters. The van der Waals surface area contributed by atoms with E-state index in [1.54, 1.807) is 24.4 Å². The smallest absolute Gasteiger partial charge is 0.226 e. The number of aryl methyl sites for hydroxylation is 1. The molecule has 2 aromatic rings.